The molecule has 0 saturated heterocycles. The third-order valence-corrected chi connectivity index (χ3v) is 11.2. The molecule has 0 bridgehead atoms. The van der Waals surface area contributed by atoms with E-state index < -0.39 is 0 Å². The molecule has 0 aliphatic heterocycles. The Hall–Kier alpha value is -0.650. The highest BCUT2D eigenvalue weighted by Crippen LogP contribution is 2.68. The van der Waals surface area contributed by atoms with Gasteiger partial charge in [0.25, 0.3) is 0 Å². The van der Waals surface area contributed by atoms with Crippen LogP contribution >= 0.6 is 0 Å². The largest absolute Gasteiger partial charge is 0.393 e. The van der Waals surface area contributed by atoms with Gasteiger partial charge in [0.2, 0.25) is 5.91 Å². The average molecular weight is 463 g/mol. The average Bonchev–Trinajstić information content (AvgIpc) is 3.15. The van der Waals surface area contributed by atoms with Gasteiger partial charge in [-0.2, -0.15) is 0 Å². The predicted octanol–water partition coefficient (Wildman–Crippen LogP) is 4.12. The van der Waals surface area contributed by atoms with E-state index in [2.05, 4.69) is 38.3 Å². The molecule has 10 atom stereocenters. The minimum Gasteiger partial charge on any atom is -0.393 e. The number of carbonyl (C=O) groups is 1. The molecule has 0 spiro atoms. The molecular formula is C28H50N2O3. The first-order chi connectivity index (χ1) is 15.7. The lowest BCUT2D eigenvalue weighted by molar-refractivity contribution is -0.174. The summed E-state index contributed by atoms with van der Waals surface area (Å²) in [5.41, 5.74) is 0.276. The van der Waals surface area contributed by atoms with Gasteiger partial charge in [0.1, 0.15) is 0 Å². The molecule has 0 aromatic rings. The zero-order valence-corrected chi connectivity index (χ0v) is 21.6. The number of fused-ring (bicyclic) bond motifs is 5. The van der Waals surface area contributed by atoms with Crippen LogP contribution in [0.4, 0.5) is 0 Å². The third kappa shape index (κ3) is 4.63. The van der Waals surface area contributed by atoms with Gasteiger partial charge in [0, 0.05) is 19.5 Å². The Morgan fingerprint density at radius 3 is 2.58 bits per heavy atom. The Morgan fingerprint density at radius 1 is 1.03 bits per heavy atom. The zero-order chi connectivity index (χ0) is 23.8. The molecule has 0 aromatic heterocycles. The lowest BCUT2D eigenvalue weighted by atomic mass is 9.43. The third-order valence-electron chi connectivity index (χ3n) is 11.2. The monoisotopic (exact) mass is 462 g/mol. The van der Waals surface area contributed by atoms with Crippen LogP contribution in [0.3, 0.4) is 0 Å². The minimum absolute atomic E-state index is 0.0144. The Labute approximate surface area is 201 Å². The molecule has 4 aliphatic rings. The first-order valence-corrected chi connectivity index (χ1v) is 14.0. The fourth-order valence-corrected chi connectivity index (χ4v) is 9.28. The van der Waals surface area contributed by atoms with Gasteiger partial charge in [-0.3, -0.25) is 4.79 Å². The van der Waals surface area contributed by atoms with Crippen LogP contribution in [-0.2, 0) is 4.79 Å². The van der Waals surface area contributed by atoms with Crippen molar-refractivity contribution in [1.29, 1.82) is 0 Å². The molecule has 190 valence electrons. The molecule has 4 fully saturated rings. The molecule has 4 aliphatic carbocycles. The van der Waals surface area contributed by atoms with Crippen LogP contribution in [0.25, 0.3) is 0 Å². The maximum Gasteiger partial charge on any atom is 0.220 e. The van der Waals surface area contributed by atoms with Crippen molar-refractivity contribution in [2.45, 2.75) is 104 Å². The van der Waals surface area contributed by atoms with Gasteiger partial charge in [-0.15, -0.1) is 0 Å². The maximum atomic E-state index is 12.3. The Balaban J connectivity index is 1.40. The van der Waals surface area contributed by atoms with Crippen LogP contribution < -0.4 is 10.6 Å². The molecule has 4 unspecified atom stereocenters. The topological polar surface area (TPSA) is 81.6 Å². The van der Waals surface area contributed by atoms with Crippen molar-refractivity contribution in [3.63, 3.8) is 0 Å². The van der Waals surface area contributed by atoms with Crippen molar-refractivity contribution in [3.8, 4) is 0 Å². The number of aliphatic hydroxyl groups excluding tert-OH is 2. The van der Waals surface area contributed by atoms with E-state index in [-0.39, 0.29) is 23.5 Å². The molecule has 4 N–H and O–H groups in total. The van der Waals surface area contributed by atoms with Gasteiger partial charge in [-0.1, -0.05) is 27.7 Å². The fourth-order valence-electron chi connectivity index (χ4n) is 9.28. The zero-order valence-electron chi connectivity index (χ0n) is 21.6. The predicted molar refractivity (Wildman–Crippen MR) is 133 cm³/mol. The number of hydrogen-bond donors (Lipinski definition) is 4. The molecule has 1 amide bonds. The quantitative estimate of drug-likeness (QED) is 0.409. The summed E-state index contributed by atoms with van der Waals surface area (Å²) in [6.07, 6.45) is 10.1. The van der Waals surface area contributed by atoms with Crippen molar-refractivity contribution in [2.24, 2.45) is 46.3 Å². The molecular weight excluding hydrogens is 412 g/mol. The Morgan fingerprint density at radius 2 is 1.82 bits per heavy atom. The SMILES string of the molecule is CCNCCNC(=O)CC[C@@H](C)[C@H]1CCC2C3CCC4C[C@H](O)CC[C@]4(C)C3C[C@H](O)[C@@]21C. The smallest absolute Gasteiger partial charge is 0.220 e. The normalized spacial score (nSPS) is 45.6. The van der Waals surface area contributed by atoms with E-state index in [1.807, 2.05) is 0 Å². The fraction of sp³-hybridized carbons (Fsp3) is 0.964. The second-order valence-corrected chi connectivity index (χ2v) is 12.6. The van der Waals surface area contributed by atoms with Crippen molar-refractivity contribution in [3.05, 3.63) is 0 Å². The number of hydrogen-bond acceptors (Lipinski definition) is 4. The van der Waals surface area contributed by atoms with Gasteiger partial charge >= 0.3 is 0 Å². The van der Waals surface area contributed by atoms with Crippen LogP contribution in [0.15, 0.2) is 0 Å². The highest BCUT2D eigenvalue weighted by atomic mass is 16.3. The van der Waals surface area contributed by atoms with Gasteiger partial charge in [0.15, 0.2) is 0 Å². The van der Waals surface area contributed by atoms with Crippen LogP contribution in [0.2, 0.25) is 0 Å². The highest BCUT2D eigenvalue weighted by molar-refractivity contribution is 5.75. The number of nitrogens with one attached hydrogen (secondary N) is 2. The van der Waals surface area contributed by atoms with Crippen LogP contribution in [0, 0.1) is 46.3 Å². The van der Waals surface area contributed by atoms with E-state index in [9.17, 15) is 15.0 Å². The van der Waals surface area contributed by atoms with E-state index in [1.54, 1.807) is 0 Å². The molecule has 33 heavy (non-hydrogen) atoms. The highest BCUT2D eigenvalue weighted by Gasteiger charge is 2.63. The summed E-state index contributed by atoms with van der Waals surface area (Å²) >= 11 is 0. The second kappa shape index (κ2) is 10.1. The summed E-state index contributed by atoms with van der Waals surface area (Å²) in [6, 6.07) is 0. The summed E-state index contributed by atoms with van der Waals surface area (Å²) in [6.45, 7) is 11.7. The number of rotatable bonds is 8. The van der Waals surface area contributed by atoms with Gasteiger partial charge in [-0.05, 0) is 111 Å². The minimum atomic E-state index is -0.241. The van der Waals surface area contributed by atoms with Gasteiger partial charge in [-0.25, -0.2) is 0 Å². The van der Waals surface area contributed by atoms with Crippen molar-refractivity contribution < 1.29 is 15.0 Å². The molecule has 5 nitrogen and oxygen atoms in total. The molecule has 0 radical (unpaired) electrons. The van der Waals surface area contributed by atoms with E-state index in [4.69, 9.17) is 0 Å². The maximum absolute atomic E-state index is 12.3. The van der Waals surface area contributed by atoms with Crippen molar-refractivity contribution in [2.75, 3.05) is 19.6 Å². The van der Waals surface area contributed by atoms with Crippen molar-refractivity contribution >= 4 is 5.91 Å². The number of amides is 1. The number of aliphatic hydroxyl groups is 2. The van der Waals surface area contributed by atoms with E-state index in [0.717, 1.165) is 51.1 Å². The summed E-state index contributed by atoms with van der Waals surface area (Å²) < 4.78 is 0. The molecule has 0 heterocycles. The second-order valence-electron chi connectivity index (χ2n) is 12.6. The van der Waals surface area contributed by atoms with Crippen LogP contribution in [-0.4, -0.2) is 48.0 Å². The van der Waals surface area contributed by atoms with Crippen LogP contribution in [0.5, 0.6) is 0 Å². The van der Waals surface area contributed by atoms with E-state index in [0.29, 0.717) is 48.0 Å². The van der Waals surface area contributed by atoms with E-state index in [1.165, 1.54) is 25.7 Å². The lowest BCUT2D eigenvalue weighted by Gasteiger charge is -2.62. The summed E-state index contributed by atoms with van der Waals surface area (Å²) in [5.74, 6) is 3.69. The standard InChI is InChI=1S/C28H50N2O3/c1-5-29-14-15-30-26(33)11-6-18(2)22-9-10-23-21-8-7-19-16-20(31)12-13-27(19,3)24(21)17-25(32)28(22,23)4/h18-25,29,31-32H,5-17H2,1-4H3,(H,30,33)/t18-,19?,20-,21?,22-,23?,24?,25+,27+,28-/m1/s1. The van der Waals surface area contributed by atoms with Crippen LogP contribution in [0.1, 0.15) is 91.9 Å². The molecule has 4 rings (SSSR count). The van der Waals surface area contributed by atoms with Gasteiger partial charge in [0.05, 0.1) is 12.2 Å². The van der Waals surface area contributed by atoms with Gasteiger partial charge < -0.3 is 20.8 Å². The summed E-state index contributed by atoms with van der Waals surface area (Å²) in [7, 11) is 0. The number of carbonyl (C=O) groups excluding carboxylic acids is 1. The molecule has 5 heteroatoms. The summed E-state index contributed by atoms with van der Waals surface area (Å²) in [5, 5.41) is 28.2. The Kier molecular flexibility index (Phi) is 7.82. The lowest BCUT2D eigenvalue weighted by Crippen LogP contribution is -2.58. The molecule has 4 saturated carbocycles. The van der Waals surface area contributed by atoms with Crippen molar-refractivity contribution in [1.82, 2.24) is 10.6 Å². The Bertz CT molecular complexity index is 686. The first kappa shape index (κ1) is 25.4. The summed E-state index contributed by atoms with van der Waals surface area (Å²) in [4.78, 5) is 12.3. The number of likely N-dealkylation sites (N-methyl/N-ethyl adjacent to an activating group) is 1. The first-order valence-electron chi connectivity index (χ1n) is 14.0. The molecule has 0 aromatic carbocycles. The van der Waals surface area contributed by atoms with E-state index >= 15 is 0 Å².